The first-order valence-corrected chi connectivity index (χ1v) is 3.69. The van der Waals surface area contributed by atoms with Gasteiger partial charge in [0.15, 0.2) is 5.76 Å². The van der Waals surface area contributed by atoms with E-state index < -0.39 is 0 Å². The normalized spacial score (nSPS) is 17.1. The molecule has 0 fully saturated rings. The predicted octanol–water partition coefficient (Wildman–Crippen LogP) is 2.48. The summed E-state index contributed by atoms with van der Waals surface area (Å²) in [7, 11) is 0. The molecule has 0 radical (unpaired) electrons. The summed E-state index contributed by atoms with van der Waals surface area (Å²) in [6.45, 7) is 8.11. The highest BCUT2D eigenvalue weighted by Crippen LogP contribution is 2.19. The zero-order valence-electron chi connectivity index (χ0n) is 7.43. The van der Waals surface area contributed by atoms with Crippen molar-refractivity contribution in [3.63, 3.8) is 0 Å². The molecular weight excluding hydrogens is 138 g/mol. The lowest BCUT2D eigenvalue weighted by molar-refractivity contribution is 0.224. The van der Waals surface area contributed by atoms with Crippen LogP contribution in [0.5, 0.6) is 0 Å². The smallest absolute Gasteiger partial charge is 0.174 e. The summed E-state index contributed by atoms with van der Waals surface area (Å²) in [5.74, 6) is 0.720. The quantitative estimate of drug-likeness (QED) is 0.487. The molecule has 0 bridgehead atoms. The molecule has 0 saturated carbocycles. The molecule has 0 amide bonds. The molecular formula is C9H13NO. The van der Waals surface area contributed by atoms with Gasteiger partial charge in [0.2, 0.25) is 0 Å². The first-order valence-electron chi connectivity index (χ1n) is 3.69. The summed E-state index contributed by atoms with van der Waals surface area (Å²) >= 11 is 0. The van der Waals surface area contributed by atoms with Crippen LogP contribution in [0.15, 0.2) is 22.7 Å². The Hall–Kier alpha value is -1.01. The SMILES string of the molecule is CC1=C=CC(C(C)(C)C)=NO1. The average molecular weight is 151 g/mol. The molecule has 0 aromatic carbocycles. The third kappa shape index (κ3) is 1.95. The Kier molecular flexibility index (Phi) is 1.88. The summed E-state index contributed by atoms with van der Waals surface area (Å²) in [6.07, 6.45) is 1.87. The van der Waals surface area contributed by atoms with Crippen LogP contribution >= 0.6 is 0 Å². The Morgan fingerprint density at radius 2 is 2.09 bits per heavy atom. The lowest BCUT2D eigenvalue weighted by atomic mass is 9.90. The van der Waals surface area contributed by atoms with Gasteiger partial charge in [0, 0.05) is 18.4 Å². The van der Waals surface area contributed by atoms with Crippen LogP contribution in [-0.4, -0.2) is 5.71 Å². The number of rotatable bonds is 0. The number of oxime groups is 1. The number of hydrogen-bond acceptors (Lipinski definition) is 2. The van der Waals surface area contributed by atoms with Crippen LogP contribution in [-0.2, 0) is 4.84 Å². The molecule has 0 N–H and O–H groups in total. The fourth-order valence-electron chi connectivity index (χ4n) is 0.694. The standard InChI is InChI=1S/C9H13NO/c1-7-5-6-8(10-11-7)9(2,3)4/h6H,1-4H3. The van der Waals surface area contributed by atoms with Gasteiger partial charge in [-0.1, -0.05) is 31.7 Å². The average Bonchev–Trinajstić information content (AvgIpc) is 1.86. The molecule has 0 unspecified atom stereocenters. The second kappa shape index (κ2) is 2.55. The minimum Gasteiger partial charge on any atom is -0.353 e. The Labute approximate surface area is 67.2 Å². The van der Waals surface area contributed by atoms with Gasteiger partial charge in [-0.25, -0.2) is 0 Å². The fourth-order valence-corrected chi connectivity index (χ4v) is 0.694. The maximum absolute atomic E-state index is 4.98. The molecule has 1 heterocycles. The van der Waals surface area contributed by atoms with Crippen LogP contribution in [0.2, 0.25) is 0 Å². The topological polar surface area (TPSA) is 21.6 Å². The number of allylic oxidation sites excluding steroid dienone is 1. The highest BCUT2D eigenvalue weighted by atomic mass is 16.6. The molecule has 2 heteroatoms. The maximum atomic E-state index is 4.98. The highest BCUT2D eigenvalue weighted by Gasteiger charge is 2.18. The largest absolute Gasteiger partial charge is 0.353 e. The monoisotopic (exact) mass is 151 g/mol. The van der Waals surface area contributed by atoms with E-state index in [4.69, 9.17) is 4.84 Å². The van der Waals surface area contributed by atoms with Gasteiger partial charge in [-0.3, -0.25) is 0 Å². The van der Waals surface area contributed by atoms with E-state index in [9.17, 15) is 0 Å². The summed E-state index contributed by atoms with van der Waals surface area (Å²) in [4.78, 5) is 4.98. The van der Waals surface area contributed by atoms with Crippen LogP contribution in [0.3, 0.4) is 0 Å². The zero-order valence-corrected chi connectivity index (χ0v) is 7.43. The second-order valence-corrected chi connectivity index (χ2v) is 3.66. The van der Waals surface area contributed by atoms with Crippen LogP contribution in [0.4, 0.5) is 0 Å². The van der Waals surface area contributed by atoms with Crippen LogP contribution in [0, 0.1) is 5.41 Å². The van der Waals surface area contributed by atoms with E-state index >= 15 is 0 Å². The Morgan fingerprint density at radius 1 is 1.45 bits per heavy atom. The van der Waals surface area contributed by atoms with E-state index in [0.29, 0.717) is 0 Å². The molecule has 1 rings (SSSR count). The lowest BCUT2D eigenvalue weighted by Gasteiger charge is -2.18. The van der Waals surface area contributed by atoms with Gasteiger partial charge in [-0.05, 0) is 0 Å². The van der Waals surface area contributed by atoms with Gasteiger partial charge < -0.3 is 4.84 Å². The van der Waals surface area contributed by atoms with Crippen molar-refractivity contribution in [2.24, 2.45) is 10.6 Å². The molecule has 1 aliphatic rings. The van der Waals surface area contributed by atoms with Crippen LogP contribution < -0.4 is 0 Å². The van der Waals surface area contributed by atoms with E-state index in [-0.39, 0.29) is 5.41 Å². The summed E-state index contributed by atoms with van der Waals surface area (Å²) in [6, 6.07) is 0. The van der Waals surface area contributed by atoms with E-state index in [0.717, 1.165) is 11.5 Å². The molecule has 2 nitrogen and oxygen atoms in total. The van der Waals surface area contributed by atoms with Crippen LogP contribution in [0.1, 0.15) is 27.7 Å². The van der Waals surface area contributed by atoms with Crippen molar-refractivity contribution in [3.8, 4) is 0 Å². The lowest BCUT2D eigenvalue weighted by Crippen LogP contribution is -2.19. The van der Waals surface area contributed by atoms with Crippen LogP contribution in [0.25, 0.3) is 0 Å². The predicted molar refractivity (Wildman–Crippen MR) is 45.2 cm³/mol. The number of hydrogen-bond donors (Lipinski definition) is 0. The molecule has 0 aromatic heterocycles. The maximum Gasteiger partial charge on any atom is 0.174 e. The first kappa shape index (κ1) is 8.09. The van der Waals surface area contributed by atoms with Gasteiger partial charge in [0.25, 0.3) is 0 Å². The van der Waals surface area contributed by atoms with Crippen molar-refractivity contribution < 1.29 is 4.84 Å². The Bertz CT molecular complexity index is 249. The van der Waals surface area contributed by atoms with E-state index in [1.807, 2.05) is 13.0 Å². The molecule has 1 aliphatic heterocycles. The summed E-state index contributed by atoms with van der Waals surface area (Å²) in [5, 5.41) is 3.94. The summed E-state index contributed by atoms with van der Waals surface area (Å²) in [5.41, 5.74) is 3.96. The third-order valence-electron chi connectivity index (χ3n) is 1.46. The van der Waals surface area contributed by atoms with Gasteiger partial charge in [0.05, 0.1) is 5.71 Å². The molecule has 0 spiro atoms. The van der Waals surface area contributed by atoms with E-state index in [1.165, 1.54) is 0 Å². The van der Waals surface area contributed by atoms with Crippen molar-refractivity contribution in [2.45, 2.75) is 27.7 Å². The molecule has 0 atom stereocenters. The zero-order chi connectivity index (χ0) is 8.48. The van der Waals surface area contributed by atoms with Gasteiger partial charge in [-0.2, -0.15) is 0 Å². The van der Waals surface area contributed by atoms with Crippen molar-refractivity contribution in [2.75, 3.05) is 0 Å². The van der Waals surface area contributed by atoms with Crippen molar-refractivity contribution in [1.29, 1.82) is 0 Å². The van der Waals surface area contributed by atoms with Gasteiger partial charge in [-0.15, -0.1) is 0 Å². The van der Waals surface area contributed by atoms with Crippen molar-refractivity contribution >= 4 is 5.71 Å². The minimum atomic E-state index is 0.0493. The fraction of sp³-hybridized carbons (Fsp3) is 0.556. The second-order valence-electron chi connectivity index (χ2n) is 3.66. The summed E-state index contributed by atoms with van der Waals surface area (Å²) < 4.78 is 0. The Morgan fingerprint density at radius 3 is 2.45 bits per heavy atom. The van der Waals surface area contributed by atoms with E-state index in [2.05, 4.69) is 31.7 Å². The molecule has 0 aliphatic carbocycles. The van der Waals surface area contributed by atoms with E-state index in [1.54, 1.807) is 0 Å². The minimum absolute atomic E-state index is 0.0493. The number of nitrogens with zero attached hydrogens (tertiary/aromatic N) is 1. The Balaban J connectivity index is 2.89. The molecule has 60 valence electrons. The molecule has 0 aromatic rings. The van der Waals surface area contributed by atoms with Gasteiger partial charge in [0.1, 0.15) is 0 Å². The third-order valence-corrected chi connectivity index (χ3v) is 1.46. The molecule has 11 heavy (non-hydrogen) atoms. The highest BCUT2D eigenvalue weighted by molar-refractivity contribution is 5.98. The van der Waals surface area contributed by atoms with Crippen molar-refractivity contribution in [3.05, 3.63) is 17.6 Å². The molecule has 0 saturated heterocycles. The first-order chi connectivity index (χ1) is 5.00. The van der Waals surface area contributed by atoms with Gasteiger partial charge >= 0.3 is 0 Å². The van der Waals surface area contributed by atoms with Crippen molar-refractivity contribution in [1.82, 2.24) is 0 Å².